The fourth-order valence-corrected chi connectivity index (χ4v) is 2.64. The zero-order chi connectivity index (χ0) is 15.3. The summed E-state index contributed by atoms with van der Waals surface area (Å²) in [6, 6.07) is 0. The van der Waals surface area contributed by atoms with Gasteiger partial charge in [-0.25, -0.2) is 0 Å². The highest BCUT2D eigenvalue weighted by Crippen LogP contribution is 2.29. The van der Waals surface area contributed by atoms with Gasteiger partial charge in [-0.2, -0.15) is 0 Å². The van der Waals surface area contributed by atoms with Crippen LogP contribution in [0.1, 0.15) is 46.2 Å². The Labute approximate surface area is 129 Å². The van der Waals surface area contributed by atoms with Crippen LogP contribution in [0, 0.1) is 11.3 Å². The van der Waals surface area contributed by atoms with Gasteiger partial charge in [0.15, 0.2) is 0 Å². The van der Waals surface area contributed by atoms with E-state index in [1.165, 1.54) is 25.9 Å². The summed E-state index contributed by atoms with van der Waals surface area (Å²) in [7, 11) is 0. The van der Waals surface area contributed by atoms with Crippen molar-refractivity contribution in [2.24, 2.45) is 11.3 Å². The molecule has 1 fully saturated rings. The molecule has 120 valence electrons. The third-order valence-corrected chi connectivity index (χ3v) is 4.30. The van der Waals surface area contributed by atoms with Gasteiger partial charge in [-0.3, -0.25) is 4.68 Å². The number of likely N-dealkylation sites (tertiary alicyclic amines) is 1. The first-order valence-electron chi connectivity index (χ1n) is 8.27. The molecule has 0 unspecified atom stereocenters. The van der Waals surface area contributed by atoms with E-state index < -0.39 is 0 Å². The van der Waals surface area contributed by atoms with Gasteiger partial charge in [0.1, 0.15) is 0 Å². The van der Waals surface area contributed by atoms with Crippen LogP contribution in [0.5, 0.6) is 0 Å². The van der Waals surface area contributed by atoms with E-state index in [1.54, 1.807) is 0 Å². The molecule has 0 atom stereocenters. The highest BCUT2D eigenvalue weighted by Gasteiger charge is 2.24. The number of aromatic nitrogens is 3. The maximum Gasteiger partial charge on any atom is 0.0964 e. The molecule has 0 aliphatic carbocycles. The van der Waals surface area contributed by atoms with Gasteiger partial charge in [-0.1, -0.05) is 32.9 Å². The Hall–Kier alpha value is -0.940. The lowest BCUT2D eigenvalue weighted by Crippen LogP contribution is -2.38. The van der Waals surface area contributed by atoms with Gasteiger partial charge in [0.2, 0.25) is 0 Å². The Morgan fingerprint density at radius 1 is 1.24 bits per heavy atom. The van der Waals surface area contributed by atoms with Crippen molar-refractivity contribution in [2.45, 2.75) is 53.6 Å². The number of nitrogens with zero attached hydrogens (tertiary/aromatic N) is 4. The van der Waals surface area contributed by atoms with Crippen LogP contribution in [-0.4, -0.2) is 46.1 Å². The Balaban J connectivity index is 1.68. The Morgan fingerprint density at radius 3 is 2.62 bits per heavy atom. The monoisotopic (exact) mass is 293 g/mol. The molecule has 0 amide bonds. The predicted molar refractivity (Wildman–Crippen MR) is 86.0 cm³/mol. The third-order valence-electron chi connectivity index (χ3n) is 4.30. The third kappa shape index (κ3) is 5.75. The first kappa shape index (κ1) is 16.4. The van der Waals surface area contributed by atoms with Crippen molar-refractivity contribution >= 4 is 0 Å². The first-order valence-corrected chi connectivity index (χ1v) is 8.27. The van der Waals surface area contributed by atoms with Crippen molar-refractivity contribution in [3.05, 3.63) is 11.9 Å². The summed E-state index contributed by atoms with van der Waals surface area (Å²) in [5, 5.41) is 11.9. The zero-order valence-electron chi connectivity index (χ0n) is 14.1. The molecule has 0 radical (unpaired) electrons. The lowest BCUT2D eigenvalue weighted by Gasteiger charge is -2.36. The van der Waals surface area contributed by atoms with Crippen LogP contribution in [0.3, 0.4) is 0 Å². The summed E-state index contributed by atoms with van der Waals surface area (Å²) in [5.74, 6) is 0.670. The topological polar surface area (TPSA) is 46.0 Å². The van der Waals surface area contributed by atoms with Crippen molar-refractivity contribution in [2.75, 3.05) is 26.2 Å². The van der Waals surface area contributed by atoms with E-state index >= 15 is 0 Å². The molecule has 5 nitrogen and oxygen atoms in total. The highest BCUT2D eigenvalue weighted by atomic mass is 15.4. The molecular formula is C16H31N5. The number of piperidine rings is 1. The molecule has 2 heterocycles. The van der Waals surface area contributed by atoms with Gasteiger partial charge in [0, 0.05) is 19.3 Å². The summed E-state index contributed by atoms with van der Waals surface area (Å²) in [5.41, 5.74) is 1.56. The van der Waals surface area contributed by atoms with Crippen LogP contribution in [-0.2, 0) is 13.1 Å². The number of rotatable bonds is 7. The first-order chi connectivity index (χ1) is 9.94. The Bertz CT molecular complexity index is 414. The van der Waals surface area contributed by atoms with Gasteiger partial charge >= 0.3 is 0 Å². The highest BCUT2D eigenvalue weighted by molar-refractivity contribution is 4.91. The number of hydrogen-bond acceptors (Lipinski definition) is 4. The van der Waals surface area contributed by atoms with Crippen LogP contribution in [0.2, 0.25) is 0 Å². The largest absolute Gasteiger partial charge is 0.311 e. The quantitative estimate of drug-likeness (QED) is 0.837. The summed E-state index contributed by atoms with van der Waals surface area (Å²) < 4.78 is 1.98. The molecule has 2 rings (SSSR count). The van der Waals surface area contributed by atoms with Crippen LogP contribution >= 0.6 is 0 Å². The van der Waals surface area contributed by atoms with Crippen molar-refractivity contribution < 1.29 is 0 Å². The van der Waals surface area contributed by atoms with Gasteiger partial charge in [-0.05, 0) is 43.8 Å². The molecule has 1 aliphatic rings. The van der Waals surface area contributed by atoms with E-state index in [-0.39, 0.29) is 0 Å². The van der Waals surface area contributed by atoms with Crippen LogP contribution in [0.15, 0.2) is 6.20 Å². The standard InChI is InChI=1S/C16H31N5/c1-14(2)11-17-12-15-13-21(19-18-15)10-9-20-7-5-16(3,4)6-8-20/h13-14,17H,5-12H2,1-4H3. The van der Waals surface area contributed by atoms with Crippen molar-refractivity contribution in [1.82, 2.24) is 25.2 Å². The van der Waals surface area contributed by atoms with Crippen LogP contribution in [0.25, 0.3) is 0 Å². The molecule has 0 spiro atoms. The van der Waals surface area contributed by atoms with Crippen LogP contribution in [0.4, 0.5) is 0 Å². The Kier molecular flexibility index (Phi) is 5.76. The summed E-state index contributed by atoms with van der Waals surface area (Å²) in [6.45, 7) is 15.5. The second kappa shape index (κ2) is 7.36. The van der Waals surface area contributed by atoms with Gasteiger partial charge in [-0.15, -0.1) is 5.10 Å². The van der Waals surface area contributed by atoms with Crippen molar-refractivity contribution in [1.29, 1.82) is 0 Å². The minimum Gasteiger partial charge on any atom is -0.311 e. The number of hydrogen-bond donors (Lipinski definition) is 1. The lowest BCUT2D eigenvalue weighted by molar-refractivity contribution is 0.128. The summed E-state index contributed by atoms with van der Waals surface area (Å²) >= 11 is 0. The maximum atomic E-state index is 4.23. The average molecular weight is 293 g/mol. The minimum absolute atomic E-state index is 0.527. The molecule has 0 aromatic carbocycles. The summed E-state index contributed by atoms with van der Waals surface area (Å²) in [4.78, 5) is 2.55. The molecule has 0 saturated carbocycles. The fraction of sp³-hybridized carbons (Fsp3) is 0.875. The second-order valence-electron chi connectivity index (χ2n) is 7.50. The lowest BCUT2D eigenvalue weighted by atomic mass is 9.83. The maximum absolute atomic E-state index is 4.23. The molecule has 21 heavy (non-hydrogen) atoms. The predicted octanol–water partition coefficient (Wildman–Crippen LogP) is 2.15. The van der Waals surface area contributed by atoms with Gasteiger partial charge in [0.05, 0.1) is 12.2 Å². The van der Waals surface area contributed by atoms with E-state index in [4.69, 9.17) is 0 Å². The van der Waals surface area contributed by atoms with Crippen LogP contribution < -0.4 is 5.32 Å². The zero-order valence-corrected chi connectivity index (χ0v) is 14.1. The van der Waals surface area contributed by atoms with E-state index in [0.29, 0.717) is 11.3 Å². The van der Waals surface area contributed by atoms with Gasteiger partial charge < -0.3 is 10.2 Å². The number of nitrogens with one attached hydrogen (secondary N) is 1. The molecule has 1 aromatic heterocycles. The molecule has 1 N–H and O–H groups in total. The van der Waals surface area contributed by atoms with E-state index in [1.807, 2.05) is 4.68 Å². The van der Waals surface area contributed by atoms with E-state index in [0.717, 1.165) is 31.9 Å². The summed E-state index contributed by atoms with van der Waals surface area (Å²) in [6.07, 6.45) is 4.67. The second-order valence-corrected chi connectivity index (χ2v) is 7.50. The Morgan fingerprint density at radius 2 is 1.95 bits per heavy atom. The molecule has 0 bridgehead atoms. The van der Waals surface area contributed by atoms with E-state index in [2.05, 4.69) is 54.4 Å². The molecule has 1 saturated heterocycles. The fourth-order valence-electron chi connectivity index (χ4n) is 2.64. The van der Waals surface area contributed by atoms with E-state index in [9.17, 15) is 0 Å². The van der Waals surface area contributed by atoms with Crippen molar-refractivity contribution in [3.8, 4) is 0 Å². The minimum atomic E-state index is 0.527. The SMILES string of the molecule is CC(C)CNCc1cn(CCN2CCC(C)(C)CC2)nn1. The molecular weight excluding hydrogens is 262 g/mol. The normalized spacial score (nSPS) is 19.3. The molecule has 1 aromatic rings. The molecule has 1 aliphatic heterocycles. The average Bonchev–Trinajstić information content (AvgIpc) is 2.85. The smallest absolute Gasteiger partial charge is 0.0964 e. The molecule has 5 heteroatoms. The van der Waals surface area contributed by atoms with Gasteiger partial charge in [0.25, 0.3) is 0 Å². The van der Waals surface area contributed by atoms with Crippen molar-refractivity contribution in [3.63, 3.8) is 0 Å².